The van der Waals surface area contributed by atoms with Gasteiger partial charge >= 0.3 is 0 Å². The highest BCUT2D eigenvalue weighted by molar-refractivity contribution is 7.89. The van der Waals surface area contributed by atoms with E-state index in [0.29, 0.717) is 6.54 Å². The van der Waals surface area contributed by atoms with Gasteiger partial charge in [0.2, 0.25) is 15.9 Å². The van der Waals surface area contributed by atoms with Crippen LogP contribution in [0.2, 0.25) is 0 Å². The highest BCUT2D eigenvalue weighted by atomic mass is 32.2. The number of rotatable bonds is 6. The van der Waals surface area contributed by atoms with Gasteiger partial charge in [-0.15, -0.1) is 0 Å². The number of hydrogen-bond donors (Lipinski definition) is 3. The van der Waals surface area contributed by atoms with Crippen molar-refractivity contribution in [2.75, 3.05) is 5.73 Å². The van der Waals surface area contributed by atoms with Gasteiger partial charge in [-0.2, -0.15) is 9.82 Å². The van der Waals surface area contributed by atoms with E-state index in [1.807, 2.05) is 6.92 Å². The molecule has 0 bridgehead atoms. The Morgan fingerprint density at radius 3 is 2.75 bits per heavy atom. The van der Waals surface area contributed by atoms with Gasteiger partial charge in [-0.25, -0.2) is 8.42 Å². The highest BCUT2D eigenvalue weighted by Crippen LogP contribution is 2.19. The van der Waals surface area contributed by atoms with Gasteiger partial charge in [-0.1, -0.05) is 0 Å². The summed E-state index contributed by atoms with van der Waals surface area (Å²) in [6.07, 6.45) is 3.24. The molecule has 8 nitrogen and oxygen atoms in total. The van der Waals surface area contributed by atoms with Crippen molar-refractivity contribution in [3.63, 3.8) is 0 Å². The van der Waals surface area contributed by atoms with Crippen molar-refractivity contribution < 1.29 is 13.2 Å². The monoisotopic (exact) mass is 301 g/mol. The van der Waals surface area contributed by atoms with Crippen LogP contribution in [0, 0.1) is 0 Å². The third-order valence-corrected chi connectivity index (χ3v) is 4.57. The fourth-order valence-corrected chi connectivity index (χ4v) is 2.97. The summed E-state index contributed by atoms with van der Waals surface area (Å²) < 4.78 is 28.1. The van der Waals surface area contributed by atoms with Crippen LogP contribution in [0.1, 0.15) is 26.7 Å². The van der Waals surface area contributed by atoms with Crippen LogP contribution in [0.3, 0.4) is 0 Å². The van der Waals surface area contributed by atoms with E-state index in [4.69, 9.17) is 5.73 Å². The zero-order chi connectivity index (χ0) is 14.9. The second-order valence-electron chi connectivity index (χ2n) is 4.86. The molecule has 1 aliphatic rings. The quantitative estimate of drug-likeness (QED) is 0.650. The molecule has 0 radical (unpaired) electrons. The molecule has 4 N–H and O–H groups in total. The Morgan fingerprint density at radius 2 is 2.25 bits per heavy atom. The predicted octanol–water partition coefficient (Wildman–Crippen LogP) is -0.569. The molecule has 1 saturated carbocycles. The number of nitrogens with two attached hydrogens (primary N) is 1. The minimum absolute atomic E-state index is 0.0749. The minimum Gasteiger partial charge on any atom is -0.381 e. The van der Waals surface area contributed by atoms with Gasteiger partial charge in [-0.3, -0.25) is 9.48 Å². The van der Waals surface area contributed by atoms with Crippen molar-refractivity contribution in [1.82, 2.24) is 19.8 Å². The molecule has 1 amide bonds. The van der Waals surface area contributed by atoms with E-state index >= 15 is 0 Å². The topological polar surface area (TPSA) is 119 Å². The lowest BCUT2D eigenvalue weighted by Crippen LogP contribution is -2.45. The van der Waals surface area contributed by atoms with E-state index < -0.39 is 16.1 Å². The number of nitrogen functional groups attached to an aromatic ring is 1. The zero-order valence-electron chi connectivity index (χ0n) is 11.5. The summed E-state index contributed by atoms with van der Waals surface area (Å²) in [6.45, 7) is 3.83. The normalized spacial score (nSPS) is 16.9. The van der Waals surface area contributed by atoms with Gasteiger partial charge in [0.1, 0.15) is 4.90 Å². The molecule has 1 aromatic rings. The average Bonchev–Trinajstić information content (AvgIpc) is 3.08. The summed E-state index contributed by atoms with van der Waals surface area (Å²) in [5.74, 6) is -0.410. The van der Waals surface area contributed by atoms with Crippen LogP contribution in [0.5, 0.6) is 0 Å². The Balaban J connectivity index is 2.09. The second kappa shape index (κ2) is 5.41. The van der Waals surface area contributed by atoms with E-state index in [9.17, 15) is 13.2 Å². The Hall–Kier alpha value is -1.61. The number of anilines is 1. The van der Waals surface area contributed by atoms with Gasteiger partial charge in [0.05, 0.1) is 6.04 Å². The summed E-state index contributed by atoms with van der Waals surface area (Å²) in [6, 6.07) is -0.674. The largest absolute Gasteiger partial charge is 0.381 e. The standard InChI is InChI=1S/C11H19N5O3S/c1-3-16-6-9(10(12)14-16)20(18,19)15-7(2)11(17)13-8-4-5-8/h6-8,15H,3-5H2,1-2H3,(H2,12,14)(H,13,17). The molecule has 112 valence electrons. The van der Waals surface area contributed by atoms with E-state index in [2.05, 4.69) is 15.1 Å². The molecule has 1 unspecified atom stereocenters. The lowest BCUT2D eigenvalue weighted by Gasteiger charge is -2.13. The second-order valence-corrected chi connectivity index (χ2v) is 6.54. The fraction of sp³-hybridized carbons (Fsp3) is 0.636. The number of hydrogen-bond acceptors (Lipinski definition) is 5. The SMILES string of the molecule is CCn1cc(S(=O)(=O)NC(C)C(=O)NC2CC2)c(N)n1. The lowest BCUT2D eigenvalue weighted by molar-refractivity contribution is -0.122. The fourth-order valence-electron chi connectivity index (χ4n) is 1.69. The summed E-state index contributed by atoms with van der Waals surface area (Å²) >= 11 is 0. The Bertz CT molecular complexity index is 606. The number of carbonyl (C=O) groups excluding carboxylic acids is 1. The molecule has 20 heavy (non-hydrogen) atoms. The van der Waals surface area contributed by atoms with Gasteiger partial charge in [0.15, 0.2) is 5.82 Å². The molecular weight excluding hydrogens is 282 g/mol. The summed E-state index contributed by atoms with van der Waals surface area (Å²) in [7, 11) is -3.86. The molecule has 9 heteroatoms. The predicted molar refractivity (Wildman–Crippen MR) is 73.3 cm³/mol. The molecule has 0 aromatic carbocycles. The number of aryl methyl sites for hydroxylation is 1. The minimum atomic E-state index is -3.86. The van der Waals surface area contributed by atoms with Crippen LogP contribution in [0.4, 0.5) is 5.82 Å². The first-order chi connectivity index (χ1) is 9.33. The Morgan fingerprint density at radius 1 is 1.60 bits per heavy atom. The number of nitrogens with one attached hydrogen (secondary N) is 2. The molecular formula is C11H19N5O3S. The summed E-state index contributed by atoms with van der Waals surface area (Å²) in [4.78, 5) is 11.7. The third-order valence-electron chi connectivity index (χ3n) is 3.02. The van der Waals surface area contributed by atoms with Crippen LogP contribution in [-0.2, 0) is 21.4 Å². The first-order valence-corrected chi connectivity index (χ1v) is 7.97. The van der Waals surface area contributed by atoms with Crippen LogP contribution in [-0.4, -0.2) is 36.2 Å². The van der Waals surface area contributed by atoms with Crippen molar-refractivity contribution in [2.24, 2.45) is 0 Å². The molecule has 2 rings (SSSR count). The van der Waals surface area contributed by atoms with Crippen LogP contribution in [0.25, 0.3) is 0 Å². The lowest BCUT2D eigenvalue weighted by atomic mass is 10.3. The molecule has 1 atom stereocenters. The zero-order valence-corrected chi connectivity index (χ0v) is 12.3. The van der Waals surface area contributed by atoms with Gasteiger partial charge in [0, 0.05) is 18.8 Å². The maximum absolute atomic E-state index is 12.2. The summed E-state index contributed by atoms with van der Waals surface area (Å²) in [5.41, 5.74) is 5.59. The van der Waals surface area contributed by atoms with Gasteiger partial charge in [-0.05, 0) is 26.7 Å². The van der Waals surface area contributed by atoms with E-state index in [1.54, 1.807) is 0 Å². The van der Waals surface area contributed by atoms with Crippen LogP contribution >= 0.6 is 0 Å². The number of nitrogens with zero attached hydrogens (tertiary/aromatic N) is 2. The van der Waals surface area contributed by atoms with Gasteiger partial charge in [0.25, 0.3) is 0 Å². The first-order valence-electron chi connectivity index (χ1n) is 6.49. The van der Waals surface area contributed by atoms with Gasteiger partial charge < -0.3 is 11.1 Å². The molecule has 0 aliphatic heterocycles. The van der Waals surface area contributed by atoms with Crippen LogP contribution in [0.15, 0.2) is 11.1 Å². The van der Waals surface area contributed by atoms with E-state index in [0.717, 1.165) is 12.8 Å². The molecule has 1 aromatic heterocycles. The number of sulfonamides is 1. The third kappa shape index (κ3) is 3.28. The van der Waals surface area contributed by atoms with Crippen molar-refractivity contribution in [1.29, 1.82) is 0 Å². The number of carbonyl (C=O) groups is 1. The highest BCUT2D eigenvalue weighted by Gasteiger charge is 2.29. The first kappa shape index (κ1) is 14.8. The van der Waals surface area contributed by atoms with Crippen molar-refractivity contribution in [3.8, 4) is 0 Å². The molecule has 0 saturated heterocycles. The number of amides is 1. The van der Waals surface area contributed by atoms with Crippen molar-refractivity contribution in [2.45, 2.75) is 50.2 Å². The molecule has 1 fully saturated rings. The number of aromatic nitrogens is 2. The van der Waals surface area contributed by atoms with E-state index in [1.165, 1.54) is 17.8 Å². The molecule has 0 spiro atoms. The smallest absolute Gasteiger partial charge is 0.246 e. The average molecular weight is 301 g/mol. The van der Waals surface area contributed by atoms with Crippen molar-refractivity contribution >= 4 is 21.7 Å². The molecule has 1 aliphatic carbocycles. The van der Waals surface area contributed by atoms with E-state index in [-0.39, 0.29) is 22.7 Å². The Kier molecular flexibility index (Phi) is 4.00. The maximum Gasteiger partial charge on any atom is 0.246 e. The molecule has 1 heterocycles. The van der Waals surface area contributed by atoms with Crippen molar-refractivity contribution in [3.05, 3.63) is 6.20 Å². The van der Waals surface area contributed by atoms with Crippen LogP contribution < -0.4 is 15.8 Å². The Labute approximate surface area is 117 Å². The maximum atomic E-state index is 12.2. The summed E-state index contributed by atoms with van der Waals surface area (Å²) in [5, 5.41) is 6.62.